The van der Waals surface area contributed by atoms with Gasteiger partial charge in [0.25, 0.3) is 0 Å². The van der Waals surface area contributed by atoms with Crippen LogP contribution in [0, 0.1) is 0 Å². The Morgan fingerprint density at radius 1 is 1.00 bits per heavy atom. The van der Waals surface area contributed by atoms with Crippen molar-refractivity contribution in [3.8, 4) is 11.4 Å². The van der Waals surface area contributed by atoms with Crippen molar-refractivity contribution in [2.45, 2.75) is 6.36 Å². The van der Waals surface area contributed by atoms with E-state index in [0.717, 1.165) is 12.1 Å². The standard InChI is InChI=1S/C21H15F3N6O3/c22-21(23,24)33-15-3-1-2-13(10-15)29-20(32)28-12-4-6-14(7-5-12)30-9-8-16(31)17-18(25)26-11-27-19(17)30/h1-11H,(H2,25,26,27)(H2,28,29,32). The Balaban J connectivity index is 1.49. The SMILES string of the molecule is Nc1ncnc2c1c(=O)ccn2-c1ccc(NC(=O)Nc2cccc(OC(F)(F)F)c2)cc1. The second-order valence-electron chi connectivity index (χ2n) is 6.71. The quantitative estimate of drug-likeness (QED) is 0.428. The number of halogens is 3. The molecule has 0 saturated carbocycles. The van der Waals surface area contributed by atoms with Gasteiger partial charge in [-0.3, -0.25) is 4.79 Å². The number of ether oxygens (including phenoxy) is 1. The number of benzene rings is 2. The molecule has 0 bridgehead atoms. The van der Waals surface area contributed by atoms with E-state index in [1.165, 1.54) is 24.5 Å². The summed E-state index contributed by atoms with van der Waals surface area (Å²) >= 11 is 0. The van der Waals surface area contributed by atoms with E-state index in [9.17, 15) is 22.8 Å². The van der Waals surface area contributed by atoms with E-state index in [4.69, 9.17) is 5.73 Å². The van der Waals surface area contributed by atoms with Crippen molar-refractivity contribution in [1.82, 2.24) is 14.5 Å². The van der Waals surface area contributed by atoms with Crippen LogP contribution in [-0.2, 0) is 0 Å². The topological polar surface area (TPSA) is 124 Å². The van der Waals surface area contributed by atoms with Gasteiger partial charge in [0.15, 0.2) is 11.1 Å². The van der Waals surface area contributed by atoms with Gasteiger partial charge in [0.05, 0.1) is 0 Å². The molecule has 2 aromatic heterocycles. The number of amides is 2. The number of aromatic nitrogens is 3. The first kappa shape index (κ1) is 21.6. The lowest BCUT2D eigenvalue weighted by molar-refractivity contribution is -0.274. The molecule has 4 N–H and O–H groups in total. The predicted molar refractivity (Wildman–Crippen MR) is 115 cm³/mol. The molecule has 0 spiro atoms. The molecule has 0 aliphatic carbocycles. The van der Waals surface area contributed by atoms with Crippen LogP contribution in [0.25, 0.3) is 16.7 Å². The number of pyridine rings is 1. The number of hydrogen-bond acceptors (Lipinski definition) is 6. The van der Waals surface area contributed by atoms with E-state index < -0.39 is 18.1 Å². The van der Waals surface area contributed by atoms with Crippen molar-refractivity contribution >= 4 is 34.3 Å². The summed E-state index contributed by atoms with van der Waals surface area (Å²) in [6.07, 6.45) is -2.04. The van der Waals surface area contributed by atoms with Crippen LogP contribution in [-0.4, -0.2) is 26.9 Å². The summed E-state index contributed by atoms with van der Waals surface area (Å²) in [4.78, 5) is 32.3. The number of fused-ring (bicyclic) bond motifs is 1. The zero-order valence-corrected chi connectivity index (χ0v) is 16.6. The number of carbonyl (C=O) groups is 1. The molecule has 0 radical (unpaired) electrons. The third-order valence-electron chi connectivity index (χ3n) is 4.43. The Kier molecular flexibility index (Phi) is 5.56. The van der Waals surface area contributed by atoms with Crippen molar-refractivity contribution < 1.29 is 22.7 Å². The van der Waals surface area contributed by atoms with Crippen LogP contribution in [0.1, 0.15) is 0 Å². The van der Waals surface area contributed by atoms with Gasteiger partial charge in [0, 0.05) is 35.4 Å². The summed E-state index contributed by atoms with van der Waals surface area (Å²) in [6, 6.07) is 12.1. The number of nitrogens with two attached hydrogens (primary N) is 1. The van der Waals surface area contributed by atoms with Gasteiger partial charge in [-0.2, -0.15) is 0 Å². The first-order chi connectivity index (χ1) is 15.7. The number of alkyl halides is 3. The largest absolute Gasteiger partial charge is 0.573 e. The Morgan fingerprint density at radius 3 is 2.45 bits per heavy atom. The molecular weight excluding hydrogens is 441 g/mol. The van der Waals surface area contributed by atoms with E-state index in [1.807, 2.05) is 0 Å². The molecule has 9 nitrogen and oxygen atoms in total. The molecule has 0 aliphatic heterocycles. The lowest BCUT2D eigenvalue weighted by Gasteiger charge is -2.13. The summed E-state index contributed by atoms with van der Waals surface area (Å²) in [5.74, 6) is -0.388. The van der Waals surface area contributed by atoms with Crippen LogP contribution >= 0.6 is 0 Å². The number of nitrogen functional groups attached to an aromatic ring is 1. The van der Waals surface area contributed by atoms with Gasteiger partial charge in [0.2, 0.25) is 0 Å². The summed E-state index contributed by atoms with van der Waals surface area (Å²) in [6.45, 7) is 0. The van der Waals surface area contributed by atoms with E-state index in [0.29, 0.717) is 17.0 Å². The Hall–Kier alpha value is -4.61. The zero-order chi connectivity index (χ0) is 23.6. The van der Waals surface area contributed by atoms with Crippen LogP contribution in [0.4, 0.5) is 35.2 Å². The van der Waals surface area contributed by atoms with Crippen molar-refractivity contribution in [3.05, 3.63) is 77.3 Å². The molecule has 168 valence electrons. The predicted octanol–water partition coefficient (Wildman–Crippen LogP) is 3.91. The van der Waals surface area contributed by atoms with Crippen molar-refractivity contribution in [3.63, 3.8) is 0 Å². The Bertz CT molecular complexity index is 1390. The highest BCUT2D eigenvalue weighted by Gasteiger charge is 2.31. The fraction of sp³-hybridized carbons (Fsp3) is 0.0476. The molecule has 0 unspecified atom stereocenters. The minimum atomic E-state index is -4.84. The Labute approximate surface area is 183 Å². The number of nitrogens with zero attached hydrogens (tertiary/aromatic N) is 3. The van der Waals surface area contributed by atoms with E-state index in [2.05, 4.69) is 25.3 Å². The zero-order valence-electron chi connectivity index (χ0n) is 16.6. The van der Waals surface area contributed by atoms with Crippen molar-refractivity contribution in [2.75, 3.05) is 16.4 Å². The summed E-state index contributed by atoms with van der Waals surface area (Å²) in [7, 11) is 0. The highest BCUT2D eigenvalue weighted by atomic mass is 19.4. The van der Waals surface area contributed by atoms with Crippen molar-refractivity contribution in [2.24, 2.45) is 0 Å². The third-order valence-corrected chi connectivity index (χ3v) is 4.43. The number of rotatable bonds is 4. The molecule has 4 aromatic rings. The fourth-order valence-corrected chi connectivity index (χ4v) is 3.08. The average Bonchev–Trinajstić information content (AvgIpc) is 2.74. The van der Waals surface area contributed by atoms with Crippen LogP contribution in [0.2, 0.25) is 0 Å². The monoisotopic (exact) mass is 456 g/mol. The second kappa shape index (κ2) is 8.49. The molecule has 0 fully saturated rings. The maximum atomic E-state index is 12.4. The molecule has 2 heterocycles. The number of urea groups is 1. The normalized spacial score (nSPS) is 11.2. The molecule has 33 heavy (non-hydrogen) atoms. The van der Waals surface area contributed by atoms with Crippen LogP contribution in [0.5, 0.6) is 5.75 Å². The first-order valence-corrected chi connectivity index (χ1v) is 9.36. The number of nitrogens with one attached hydrogen (secondary N) is 2. The van der Waals surface area contributed by atoms with Gasteiger partial charge in [0.1, 0.15) is 23.3 Å². The van der Waals surface area contributed by atoms with Gasteiger partial charge in [-0.05, 0) is 36.4 Å². The lowest BCUT2D eigenvalue weighted by Crippen LogP contribution is -2.20. The third kappa shape index (κ3) is 5.01. The maximum absolute atomic E-state index is 12.4. The van der Waals surface area contributed by atoms with Gasteiger partial charge in [-0.1, -0.05) is 6.07 Å². The van der Waals surface area contributed by atoms with E-state index in [1.54, 1.807) is 35.0 Å². The highest BCUT2D eigenvalue weighted by Crippen LogP contribution is 2.25. The lowest BCUT2D eigenvalue weighted by atomic mass is 10.2. The summed E-state index contributed by atoms with van der Waals surface area (Å²) in [5.41, 5.74) is 6.99. The van der Waals surface area contributed by atoms with E-state index in [-0.39, 0.29) is 22.3 Å². The number of anilines is 3. The molecular formula is C21H15F3N6O3. The number of hydrogen-bond donors (Lipinski definition) is 3. The molecule has 2 aromatic carbocycles. The van der Waals surface area contributed by atoms with Gasteiger partial charge in [-0.25, -0.2) is 14.8 Å². The Morgan fingerprint density at radius 2 is 1.73 bits per heavy atom. The molecule has 12 heteroatoms. The smallest absolute Gasteiger partial charge is 0.406 e. The summed E-state index contributed by atoms with van der Waals surface area (Å²) in [5, 5.41) is 5.20. The first-order valence-electron chi connectivity index (χ1n) is 9.36. The van der Waals surface area contributed by atoms with Gasteiger partial charge in [-0.15, -0.1) is 13.2 Å². The van der Waals surface area contributed by atoms with Crippen molar-refractivity contribution in [1.29, 1.82) is 0 Å². The number of carbonyl (C=O) groups excluding carboxylic acids is 1. The minimum absolute atomic E-state index is 0.0685. The van der Waals surface area contributed by atoms with Crippen LogP contribution < -0.4 is 26.5 Å². The summed E-state index contributed by atoms with van der Waals surface area (Å²) < 4.78 is 42.5. The second-order valence-corrected chi connectivity index (χ2v) is 6.71. The molecule has 0 aliphatic rings. The minimum Gasteiger partial charge on any atom is -0.406 e. The van der Waals surface area contributed by atoms with Gasteiger partial charge < -0.3 is 25.7 Å². The average molecular weight is 456 g/mol. The molecule has 0 atom stereocenters. The molecule has 0 saturated heterocycles. The molecule has 2 amide bonds. The van der Waals surface area contributed by atoms with Crippen LogP contribution in [0.3, 0.4) is 0 Å². The van der Waals surface area contributed by atoms with E-state index >= 15 is 0 Å². The van der Waals surface area contributed by atoms with Gasteiger partial charge >= 0.3 is 12.4 Å². The molecule has 4 rings (SSSR count). The van der Waals surface area contributed by atoms with Crippen LogP contribution in [0.15, 0.2) is 71.9 Å². The fourth-order valence-electron chi connectivity index (χ4n) is 3.08. The highest BCUT2D eigenvalue weighted by molar-refractivity contribution is 5.99. The maximum Gasteiger partial charge on any atom is 0.573 e.